The molecule has 0 aromatic carbocycles. The van der Waals surface area contributed by atoms with Crippen LogP contribution in [0.1, 0.15) is 52.2 Å². The molecule has 0 atom stereocenters. The third-order valence-corrected chi connectivity index (χ3v) is 5.56. The number of nitrogens with zero attached hydrogens (tertiary/aromatic N) is 1. The Labute approximate surface area is 151 Å². The number of nitrogens with one attached hydrogen (secondary N) is 2. The van der Waals surface area contributed by atoms with Crippen LogP contribution in [0.4, 0.5) is 5.69 Å². The minimum absolute atomic E-state index is 0.0755. The maximum Gasteiger partial charge on any atom is 0.261 e. The van der Waals surface area contributed by atoms with Gasteiger partial charge in [-0.15, -0.1) is 11.3 Å². The van der Waals surface area contributed by atoms with Crippen molar-refractivity contribution in [2.45, 2.75) is 44.9 Å². The Morgan fingerprint density at radius 3 is 2.64 bits per heavy atom. The SMILES string of the molecule is O=C(CCNC(=O)c1cc2c(s1)CCCCCC2)Nc1ccncc1. The minimum Gasteiger partial charge on any atom is -0.351 e. The molecule has 0 saturated heterocycles. The fourth-order valence-electron chi connectivity index (χ4n) is 2.99. The van der Waals surface area contributed by atoms with Crippen LogP contribution in [-0.4, -0.2) is 23.3 Å². The van der Waals surface area contributed by atoms with E-state index in [2.05, 4.69) is 15.6 Å². The average molecular weight is 357 g/mol. The highest BCUT2D eigenvalue weighted by Gasteiger charge is 2.16. The van der Waals surface area contributed by atoms with E-state index >= 15 is 0 Å². The molecular weight excluding hydrogens is 334 g/mol. The van der Waals surface area contributed by atoms with E-state index in [1.54, 1.807) is 35.9 Å². The van der Waals surface area contributed by atoms with E-state index in [0.29, 0.717) is 12.2 Å². The highest BCUT2D eigenvalue weighted by atomic mass is 32.1. The number of hydrogen-bond acceptors (Lipinski definition) is 4. The van der Waals surface area contributed by atoms with E-state index < -0.39 is 0 Å². The summed E-state index contributed by atoms with van der Waals surface area (Å²) in [5.41, 5.74) is 2.05. The zero-order valence-corrected chi connectivity index (χ0v) is 15.0. The Balaban J connectivity index is 1.47. The number of rotatable bonds is 5. The lowest BCUT2D eigenvalue weighted by Gasteiger charge is -2.07. The topological polar surface area (TPSA) is 71.1 Å². The lowest BCUT2D eigenvalue weighted by molar-refractivity contribution is -0.116. The molecule has 0 unspecified atom stereocenters. The first-order valence-electron chi connectivity index (χ1n) is 8.82. The zero-order chi connectivity index (χ0) is 17.5. The molecule has 6 heteroatoms. The van der Waals surface area contributed by atoms with Crippen LogP contribution < -0.4 is 10.6 Å². The van der Waals surface area contributed by atoms with Crippen molar-refractivity contribution < 1.29 is 9.59 Å². The molecule has 0 radical (unpaired) electrons. The van der Waals surface area contributed by atoms with Crippen molar-refractivity contribution in [1.29, 1.82) is 0 Å². The lowest BCUT2D eigenvalue weighted by Crippen LogP contribution is -2.27. The van der Waals surface area contributed by atoms with Crippen LogP contribution in [-0.2, 0) is 17.6 Å². The van der Waals surface area contributed by atoms with Gasteiger partial charge in [0.25, 0.3) is 5.91 Å². The monoisotopic (exact) mass is 357 g/mol. The van der Waals surface area contributed by atoms with Gasteiger partial charge in [-0.1, -0.05) is 12.8 Å². The van der Waals surface area contributed by atoms with Crippen LogP contribution >= 0.6 is 11.3 Å². The molecule has 2 aromatic heterocycles. The summed E-state index contributed by atoms with van der Waals surface area (Å²) in [5.74, 6) is -0.196. The first-order chi connectivity index (χ1) is 12.2. The summed E-state index contributed by atoms with van der Waals surface area (Å²) in [6.45, 7) is 0.332. The molecule has 5 nitrogen and oxygen atoms in total. The van der Waals surface area contributed by atoms with E-state index in [0.717, 1.165) is 17.7 Å². The number of pyridine rings is 1. The molecule has 2 N–H and O–H groups in total. The third-order valence-electron chi connectivity index (χ3n) is 4.32. The van der Waals surface area contributed by atoms with E-state index in [9.17, 15) is 9.59 Å². The second-order valence-corrected chi connectivity index (χ2v) is 7.40. The summed E-state index contributed by atoms with van der Waals surface area (Å²) >= 11 is 1.61. The predicted octanol–water partition coefficient (Wildman–Crippen LogP) is 3.56. The van der Waals surface area contributed by atoms with Crippen LogP contribution in [0.15, 0.2) is 30.6 Å². The molecule has 1 aliphatic carbocycles. The number of anilines is 1. The number of fused-ring (bicyclic) bond motifs is 1. The van der Waals surface area contributed by atoms with Gasteiger partial charge in [-0.2, -0.15) is 0 Å². The minimum atomic E-state index is -0.120. The molecule has 2 amide bonds. The summed E-state index contributed by atoms with van der Waals surface area (Å²) in [7, 11) is 0. The molecule has 0 bridgehead atoms. The summed E-state index contributed by atoms with van der Waals surface area (Å²) in [4.78, 5) is 30.2. The van der Waals surface area contributed by atoms with Gasteiger partial charge in [-0.05, 0) is 49.4 Å². The van der Waals surface area contributed by atoms with Crippen LogP contribution in [0.3, 0.4) is 0 Å². The lowest BCUT2D eigenvalue weighted by atomic mass is 10.00. The Kier molecular flexibility index (Phi) is 6.17. The molecule has 0 fully saturated rings. The highest BCUT2D eigenvalue weighted by molar-refractivity contribution is 7.14. The Morgan fingerprint density at radius 2 is 1.84 bits per heavy atom. The molecule has 3 rings (SSSR count). The molecule has 0 aliphatic heterocycles. The number of aryl methyl sites for hydroxylation is 2. The summed E-state index contributed by atoms with van der Waals surface area (Å²) in [5, 5.41) is 5.64. The van der Waals surface area contributed by atoms with Gasteiger partial charge in [0.15, 0.2) is 0 Å². The number of carbonyl (C=O) groups is 2. The zero-order valence-electron chi connectivity index (χ0n) is 14.2. The van der Waals surface area contributed by atoms with Crippen LogP contribution in [0.25, 0.3) is 0 Å². The van der Waals surface area contributed by atoms with Gasteiger partial charge in [-0.3, -0.25) is 14.6 Å². The van der Waals surface area contributed by atoms with Crippen molar-refractivity contribution in [3.63, 3.8) is 0 Å². The first-order valence-corrected chi connectivity index (χ1v) is 9.63. The fourth-order valence-corrected chi connectivity index (χ4v) is 4.16. The first kappa shape index (κ1) is 17.6. The van der Waals surface area contributed by atoms with Gasteiger partial charge in [0, 0.05) is 35.9 Å². The van der Waals surface area contributed by atoms with Gasteiger partial charge in [0.2, 0.25) is 5.91 Å². The van der Waals surface area contributed by atoms with Crippen LogP contribution in [0.5, 0.6) is 0 Å². The normalized spacial score (nSPS) is 14.1. The largest absolute Gasteiger partial charge is 0.351 e. The van der Waals surface area contributed by atoms with Crippen LogP contribution in [0, 0.1) is 0 Å². The highest BCUT2D eigenvalue weighted by Crippen LogP contribution is 2.28. The van der Waals surface area contributed by atoms with Gasteiger partial charge in [0.1, 0.15) is 0 Å². The Hall–Kier alpha value is -2.21. The van der Waals surface area contributed by atoms with Crippen molar-refractivity contribution in [2.24, 2.45) is 0 Å². The number of carbonyl (C=O) groups excluding carboxylic acids is 2. The smallest absolute Gasteiger partial charge is 0.261 e. The number of hydrogen-bond donors (Lipinski definition) is 2. The quantitative estimate of drug-likeness (QED) is 0.859. The molecule has 25 heavy (non-hydrogen) atoms. The van der Waals surface area contributed by atoms with E-state index in [1.165, 1.54) is 36.1 Å². The summed E-state index contributed by atoms with van der Waals surface area (Å²) in [6, 6.07) is 5.51. The molecule has 0 saturated carbocycles. The molecule has 2 aromatic rings. The van der Waals surface area contributed by atoms with Crippen molar-refractivity contribution in [1.82, 2.24) is 10.3 Å². The van der Waals surface area contributed by atoms with E-state index in [4.69, 9.17) is 0 Å². The average Bonchev–Trinajstić information content (AvgIpc) is 2.98. The van der Waals surface area contributed by atoms with Crippen molar-refractivity contribution in [2.75, 3.05) is 11.9 Å². The molecule has 2 heterocycles. The molecule has 1 aliphatic rings. The van der Waals surface area contributed by atoms with Crippen molar-refractivity contribution in [3.05, 3.63) is 45.9 Å². The predicted molar refractivity (Wildman–Crippen MR) is 100 cm³/mol. The Morgan fingerprint density at radius 1 is 1.08 bits per heavy atom. The third kappa shape index (κ3) is 5.13. The van der Waals surface area contributed by atoms with Crippen LogP contribution in [0.2, 0.25) is 0 Å². The van der Waals surface area contributed by atoms with Gasteiger partial charge in [0.05, 0.1) is 4.88 Å². The van der Waals surface area contributed by atoms with Gasteiger partial charge in [-0.25, -0.2) is 0 Å². The second kappa shape index (κ2) is 8.76. The van der Waals surface area contributed by atoms with Gasteiger partial charge < -0.3 is 10.6 Å². The van der Waals surface area contributed by atoms with Crippen molar-refractivity contribution in [3.8, 4) is 0 Å². The summed E-state index contributed by atoms with van der Waals surface area (Å²) < 4.78 is 0. The number of amides is 2. The summed E-state index contributed by atoms with van der Waals surface area (Å²) in [6.07, 6.45) is 10.6. The molecule has 132 valence electrons. The van der Waals surface area contributed by atoms with E-state index in [-0.39, 0.29) is 18.2 Å². The van der Waals surface area contributed by atoms with Crippen molar-refractivity contribution >= 4 is 28.8 Å². The molecular formula is C19H23N3O2S. The number of thiophene rings is 1. The fraction of sp³-hybridized carbons (Fsp3) is 0.421. The maximum absolute atomic E-state index is 12.3. The Bertz CT molecular complexity index is 702. The van der Waals surface area contributed by atoms with Gasteiger partial charge >= 0.3 is 0 Å². The standard InChI is InChI=1S/C19H23N3O2S/c23-18(22-15-7-10-20-11-8-15)9-12-21-19(24)17-13-14-5-3-1-2-4-6-16(14)25-17/h7-8,10-11,13H,1-6,9,12H2,(H,21,24)(H,20,22,23). The molecule has 0 spiro atoms. The van der Waals surface area contributed by atoms with E-state index in [1.807, 2.05) is 6.07 Å². The maximum atomic E-state index is 12.3. The second-order valence-electron chi connectivity index (χ2n) is 6.26. The number of aromatic nitrogens is 1.